The molecule has 2 aliphatic heterocycles. The van der Waals surface area contributed by atoms with Crippen LogP contribution in [0.4, 0.5) is 0 Å². The first kappa shape index (κ1) is 30.7. The largest absolute Gasteiger partial charge is 0.467 e. The molecule has 0 aromatic heterocycles. The van der Waals surface area contributed by atoms with Crippen LogP contribution in [-0.2, 0) is 50.7 Å². The van der Waals surface area contributed by atoms with E-state index in [0.29, 0.717) is 22.3 Å². The highest BCUT2D eigenvalue weighted by Crippen LogP contribution is 2.42. The van der Waals surface area contributed by atoms with Crippen molar-refractivity contribution in [3.05, 3.63) is 131 Å². The van der Waals surface area contributed by atoms with E-state index in [2.05, 4.69) is 9.44 Å². The lowest BCUT2D eigenvalue weighted by Gasteiger charge is -2.36. The number of para-hydroxylation sites is 2. The van der Waals surface area contributed by atoms with Gasteiger partial charge in [0, 0.05) is 11.1 Å². The maximum Gasteiger partial charge on any atom is 0.384 e. The van der Waals surface area contributed by atoms with Gasteiger partial charge in [0.05, 0.1) is 14.2 Å². The van der Waals surface area contributed by atoms with Crippen LogP contribution in [-0.4, -0.2) is 43.0 Å². The molecule has 2 atom stereocenters. The Kier molecular flexibility index (Phi) is 8.18. The molecule has 4 aromatic rings. The number of hydrogen-bond donors (Lipinski definition) is 2. The number of esters is 2. The first-order valence-corrected chi connectivity index (χ1v) is 15.7. The third-order valence-corrected chi connectivity index (χ3v) is 8.84. The maximum atomic E-state index is 12.5. The van der Waals surface area contributed by atoms with Gasteiger partial charge in [0.2, 0.25) is 0 Å². The van der Waals surface area contributed by atoms with E-state index in [0.717, 1.165) is 0 Å². The van der Waals surface area contributed by atoms with E-state index >= 15 is 0 Å². The fourth-order valence-corrected chi connectivity index (χ4v) is 7.33. The van der Waals surface area contributed by atoms with E-state index in [4.69, 9.17) is 17.8 Å². The average Bonchev–Trinajstić information content (AvgIpc) is 3.03. The van der Waals surface area contributed by atoms with Crippen molar-refractivity contribution in [2.75, 3.05) is 14.2 Å². The number of nitrogens with one attached hydrogen (secondary N) is 2. The summed E-state index contributed by atoms with van der Waals surface area (Å²) in [5.74, 6) is -1.29. The second kappa shape index (κ2) is 11.7. The fraction of sp³-hybridized carbons (Fsp3) is 0.133. The van der Waals surface area contributed by atoms with Gasteiger partial charge in [0.15, 0.2) is 11.1 Å². The molecular formula is C30H26N2O10S2. The number of methoxy groups -OCH3 is 2. The number of hydrogen-bond acceptors (Lipinski definition) is 10. The Hall–Kier alpha value is -4.76. The topological polar surface area (TPSA) is 163 Å². The molecule has 2 N–H and O–H groups in total. The summed E-state index contributed by atoms with van der Waals surface area (Å²) in [5.41, 5.74) is -1.71. The molecule has 12 nitrogen and oxygen atoms in total. The van der Waals surface area contributed by atoms with Gasteiger partial charge >= 0.3 is 32.5 Å². The minimum Gasteiger partial charge on any atom is -0.467 e. The van der Waals surface area contributed by atoms with Crippen molar-refractivity contribution < 1.29 is 44.3 Å². The molecule has 6 rings (SSSR count). The van der Waals surface area contributed by atoms with Crippen LogP contribution in [0.2, 0.25) is 0 Å². The van der Waals surface area contributed by atoms with Crippen LogP contribution < -0.4 is 17.8 Å². The van der Waals surface area contributed by atoms with Crippen molar-refractivity contribution >= 4 is 32.5 Å². The molecule has 4 aromatic carbocycles. The van der Waals surface area contributed by atoms with Gasteiger partial charge in [-0.1, -0.05) is 97.1 Å². The van der Waals surface area contributed by atoms with Gasteiger partial charge < -0.3 is 17.8 Å². The van der Waals surface area contributed by atoms with Crippen molar-refractivity contribution in [1.82, 2.24) is 9.44 Å². The molecule has 0 fully saturated rings. The van der Waals surface area contributed by atoms with Gasteiger partial charge in [-0.05, 0) is 23.3 Å². The number of carbonyl (C=O) groups is 2. The molecule has 0 saturated carbocycles. The Labute approximate surface area is 254 Å². The maximum absolute atomic E-state index is 12.5. The van der Waals surface area contributed by atoms with E-state index < -0.39 is 43.6 Å². The molecule has 44 heavy (non-hydrogen) atoms. The Morgan fingerprint density at radius 1 is 0.545 bits per heavy atom. The second-order valence-electron chi connectivity index (χ2n) is 9.49. The molecule has 0 aliphatic carbocycles. The molecule has 0 spiro atoms. The lowest BCUT2D eigenvalue weighted by molar-refractivity contribution is -0.147. The van der Waals surface area contributed by atoms with E-state index in [9.17, 15) is 26.4 Å². The van der Waals surface area contributed by atoms with Crippen molar-refractivity contribution in [3.8, 4) is 11.5 Å². The molecular weight excluding hydrogens is 612 g/mol. The number of carbonyl (C=O) groups excluding carboxylic acids is 2. The zero-order valence-corrected chi connectivity index (χ0v) is 24.9. The van der Waals surface area contributed by atoms with Gasteiger partial charge in [0.25, 0.3) is 0 Å². The van der Waals surface area contributed by atoms with Crippen LogP contribution >= 0.6 is 0 Å². The summed E-state index contributed by atoms with van der Waals surface area (Å²) >= 11 is 0. The predicted octanol–water partition coefficient (Wildman–Crippen LogP) is 2.66. The summed E-state index contributed by atoms with van der Waals surface area (Å²) in [5, 5.41) is 0. The quantitative estimate of drug-likeness (QED) is 0.318. The van der Waals surface area contributed by atoms with Crippen molar-refractivity contribution in [2.24, 2.45) is 0 Å². The molecule has 0 bridgehead atoms. The minimum atomic E-state index is -4.16. The first-order chi connectivity index (χ1) is 21.0. The van der Waals surface area contributed by atoms with Crippen molar-refractivity contribution in [3.63, 3.8) is 0 Å². The highest BCUT2D eigenvalue weighted by molar-refractivity contribution is 7.85. The number of fused-ring (bicyclic) bond motifs is 2. The summed E-state index contributed by atoms with van der Waals surface area (Å²) in [6, 6.07) is 29.9. The fourth-order valence-electron chi connectivity index (χ4n) is 5.11. The monoisotopic (exact) mass is 638 g/mol. The molecule has 14 heteroatoms. The summed E-state index contributed by atoms with van der Waals surface area (Å²) < 4.78 is 72.6. The summed E-state index contributed by atoms with van der Waals surface area (Å²) in [6.07, 6.45) is 0. The summed E-state index contributed by atoms with van der Waals surface area (Å²) in [7, 11) is -5.90. The van der Waals surface area contributed by atoms with Crippen molar-refractivity contribution in [2.45, 2.75) is 11.1 Å². The lowest BCUT2D eigenvalue weighted by atomic mass is 9.83. The van der Waals surface area contributed by atoms with Gasteiger partial charge in [-0.15, -0.1) is 0 Å². The Morgan fingerprint density at radius 3 is 1.20 bits per heavy atom. The van der Waals surface area contributed by atoms with Crippen LogP contribution in [0.15, 0.2) is 109 Å². The lowest BCUT2D eigenvalue weighted by Crippen LogP contribution is -2.56. The standard InChI is InChI=1S/2C15H13NO5S/c2*1-20-14(17)15(11-7-3-2-4-8-11)12-9-5-6-10-13(12)21-22(18,19)16-15/h2*2-10,16H,1H3/t2*15-/m11/s1. The van der Waals surface area contributed by atoms with Crippen LogP contribution in [0.3, 0.4) is 0 Å². The molecule has 0 unspecified atom stereocenters. The Balaban J connectivity index is 0.000000175. The predicted molar refractivity (Wildman–Crippen MR) is 157 cm³/mol. The van der Waals surface area contributed by atoms with Crippen molar-refractivity contribution in [1.29, 1.82) is 0 Å². The first-order valence-electron chi connectivity index (χ1n) is 12.9. The van der Waals surface area contributed by atoms with Gasteiger partial charge in [-0.3, -0.25) is 0 Å². The smallest absolute Gasteiger partial charge is 0.384 e. The van der Waals surface area contributed by atoms with Crippen LogP contribution in [0.5, 0.6) is 11.5 Å². The number of rotatable bonds is 4. The Bertz CT molecular complexity index is 1780. The van der Waals surface area contributed by atoms with Gasteiger partial charge in [0.1, 0.15) is 11.5 Å². The molecule has 0 saturated heterocycles. The highest BCUT2D eigenvalue weighted by atomic mass is 32.2. The van der Waals surface area contributed by atoms with Crippen LogP contribution in [0.25, 0.3) is 0 Å². The van der Waals surface area contributed by atoms with E-state index in [1.54, 1.807) is 97.1 Å². The zero-order chi connectivity index (χ0) is 31.6. The number of benzene rings is 4. The summed E-state index contributed by atoms with van der Waals surface area (Å²) in [4.78, 5) is 25.1. The molecule has 2 heterocycles. The third-order valence-electron chi connectivity index (χ3n) is 6.93. The average molecular weight is 639 g/mol. The number of ether oxygens (including phenoxy) is 2. The normalized spacial score (nSPS) is 22.2. The van der Waals surface area contributed by atoms with E-state index in [1.165, 1.54) is 26.4 Å². The summed E-state index contributed by atoms with van der Waals surface area (Å²) in [6.45, 7) is 0. The van der Waals surface area contributed by atoms with Crippen LogP contribution in [0, 0.1) is 0 Å². The SMILES string of the molecule is COC(=O)[C@]1(c2ccccc2)NS(=O)(=O)Oc2ccccc21.COC(=O)[C@]1(c2ccccc2)NS(=O)(=O)Oc2ccccc21. The minimum absolute atomic E-state index is 0.0931. The van der Waals surface area contributed by atoms with Gasteiger partial charge in [-0.2, -0.15) is 26.3 Å². The van der Waals surface area contributed by atoms with Gasteiger partial charge in [-0.25, -0.2) is 9.59 Å². The second-order valence-corrected chi connectivity index (χ2v) is 12.0. The molecule has 2 aliphatic rings. The highest BCUT2D eigenvalue weighted by Gasteiger charge is 2.53. The van der Waals surface area contributed by atoms with Crippen LogP contribution in [0.1, 0.15) is 22.3 Å². The Morgan fingerprint density at radius 2 is 0.864 bits per heavy atom. The third kappa shape index (κ3) is 5.39. The molecule has 228 valence electrons. The van der Waals surface area contributed by atoms with E-state index in [-0.39, 0.29) is 11.5 Å². The zero-order valence-electron chi connectivity index (χ0n) is 23.3. The molecule has 0 amide bonds. The van der Waals surface area contributed by atoms with E-state index in [1.807, 2.05) is 0 Å². The molecule has 0 radical (unpaired) electrons.